The predicted molar refractivity (Wildman–Crippen MR) is 259 cm³/mol. The zero-order chi connectivity index (χ0) is 43.0. The summed E-state index contributed by atoms with van der Waals surface area (Å²) in [6.45, 7) is 4.29. The Kier molecular flexibility index (Phi) is 48.5. The molecule has 0 aromatic heterocycles. The molecule has 0 fully saturated rings. The number of hydrogen-bond acceptors (Lipinski definition) is 4. The molecule has 1 amide bonds. The van der Waals surface area contributed by atoms with Gasteiger partial charge in [0.25, 0.3) is 0 Å². The van der Waals surface area contributed by atoms with Crippen LogP contribution in [0, 0.1) is 0 Å². The van der Waals surface area contributed by atoms with Crippen molar-refractivity contribution in [1.82, 2.24) is 5.32 Å². The third-order valence-electron chi connectivity index (χ3n) is 12.5. The lowest BCUT2D eigenvalue weighted by Crippen LogP contribution is -2.46. The summed E-state index contributed by atoms with van der Waals surface area (Å²) >= 11 is 0. The van der Waals surface area contributed by atoms with Gasteiger partial charge in [0.2, 0.25) is 5.91 Å². The quantitative estimate of drug-likeness (QED) is 0.0363. The fraction of sp³-hybridized carbons (Fsp3) is 0.907. The molecular formula is C54H105NO4. The van der Waals surface area contributed by atoms with Gasteiger partial charge in [0.05, 0.1) is 31.3 Å². The second kappa shape index (κ2) is 49.5. The van der Waals surface area contributed by atoms with E-state index >= 15 is 0 Å². The molecule has 0 aromatic rings. The fourth-order valence-electron chi connectivity index (χ4n) is 8.44. The number of carbonyl (C=O) groups excluding carboxylic acids is 1. The first kappa shape index (κ1) is 57.8. The van der Waals surface area contributed by atoms with Crippen molar-refractivity contribution >= 4 is 5.91 Å². The summed E-state index contributed by atoms with van der Waals surface area (Å²) in [6.07, 6.45) is 61.7. The van der Waals surface area contributed by atoms with Gasteiger partial charge in [0, 0.05) is 0 Å². The Labute approximate surface area is 369 Å². The van der Waals surface area contributed by atoms with Crippen LogP contribution in [0.3, 0.4) is 0 Å². The molecule has 5 heteroatoms. The molecule has 3 unspecified atom stereocenters. The summed E-state index contributed by atoms with van der Waals surface area (Å²) in [5, 5.41) is 33.6. The van der Waals surface area contributed by atoms with E-state index in [-0.39, 0.29) is 18.9 Å². The topological polar surface area (TPSA) is 89.8 Å². The van der Waals surface area contributed by atoms with Crippen molar-refractivity contribution in [3.63, 3.8) is 0 Å². The standard InChI is InChI=1S/C54H105NO4/c1-3-5-7-9-11-13-15-17-19-21-23-24-25-26-27-28-30-31-33-35-37-39-41-43-45-47-51(57)49-54(59)55-52(50-56)53(58)48-46-44-42-40-38-36-34-32-29-22-20-18-16-14-12-10-8-6-4-2/h23-24,26-27,51-53,56-58H,3-22,25,28-50H2,1-2H3,(H,55,59)/b24-23-,27-26-. The summed E-state index contributed by atoms with van der Waals surface area (Å²) in [7, 11) is 0. The number of nitrogens with one attached hydrogen (secondary N) is 1. The maximum absolute atomic E-state index is 12.5. The van der Waals surface area contributed by atoms with Crippen LogP contribution in [0.25, 0.3) is 0 Å². The molecule has 0 aliphatic rings. The molecule has 0 radical (unpaired) electrons. The second-order valence-electron chi connectivity index (χ2n) is 18.5. The Morgan fingerprint density at radius 2 is 0.729 bits per heavy atom. The van der Waals surface area contributed by atoms with E-state index < -0.39 is 18.2 Å². The molecule has 0 bridgehead atoms. The number of allylic oxidation sites excluding steroid dienone is 4. The molecule has 350 valence electrons. The number of aliphatic hydroxyl groups is 3. The maximum atomic E-state index is 12.5. The van der Waals surface area contributed by atoms with Gasteiger partial charge in [-0.2, -0.15) is 0 Å². The van der Waals surface area contributed by atoms with Crippen molar-refractivity contribution in [2.24, 2.45) is 0 Å². The smallest absolute Gasteiger partial charge is 0.222 e. The molecule has 4 N–H and O–H groups in total. The van der Waals surface area contributed by atoms with Crippen molar-refractivity contribution in [2.45, 2.75) is 308 Å². The second-order valence-corrected chi connectivity index (χ2v) is 18.5. The molecule has 59 heavy (non-hydrogen) atoms. The molecule has 3 atom stereocenters. The minimum Gasteiger partial charge on any atom is -0.394 e. The van der Waals surface area contributed by atoms with E-state index in [1.165, 1.54) is 225 Å². The fourth-order valence-corrected chi connectivity index (χ4v) is 8.44. The summed E-state index contributed by atoms with van der Waals surface area (Å²) in [6, 6.07) is -0.659. The molecular weight excluding hydrogens is 727 g/mol. The monoisotopic (exact) mass is 832 g/mol. The Bertz CT molecular complexity index is 874. The van der Waals surface area contributed by atoms with Crippen LogP contribution in [0.1, 0.15) is 290 Å². The van der Waals surface area contributed by atoms with E-state index in [1.54, 1.807) is 0 Å². The number of amides is 1. The number of hydrogen-bond donors (Lipinski definition) is 4. The van der Waals surface area contributed by atoms with Crippen molar-refractivity contribution in [1.29, 1.82) is 0 Å². The van der Waals surface area contributed by atoms with Crippen LogP contribution in [0.2, 0.25) is 0 Å². The first-order valence-corrected chi connectivity index (χ1v) is 26.6. The van der Waals surface area contributed by atoms with Crippen molar-refractivity contribution in [3.05, 3.63) is 24.3 Å². The van der Waals surface area contributed by atoms with Gasteiger partial charge in [-0.25, -0.2) is 0 Å². The Hall–Kier alpha value is -1.17. The first-order valence-electron chi connectivity index (χ1n) is 26.6. The number of rotatable bonds is 49. The normalized spacial score (nSPS) is 13.5. The van der Waals surface area contributed by atoms with Gasteiger partial charge < -0.3 is 20.6 Å². The summed E-state index contributed by atoms with van der Waals surface area (Å²) in [5.74, 6) is -0.282. The van der Waals surface area contributed by atoms with Gasteiger partial charge in [0.15, 0.2) is 0 Å². The zero-order valence-electron chi connectivity index (χ0n) is 39.9. The Balaban J connectivity index is 3.56. The van der Waals surface area contributed by atoms with Gasteiger partial charge in [0.1, 0.15) is 0 Å². The van der Waals surface area contributed by atoms with Crippen molar-refractivity contribution in [2.75, 3.05) is 6.61 Å². The minimum atomic E-state index is -0.750. The van der Waals surface area contributed by atoms with Crippen LogP contribution < -0.4 is 5.32 Å². The van der Waals surface area contributed by atoms with Crippen LogP contribution in [0.4, 0.5) is 0 Å². The van der Waals surface area contributed by atoms with Gasteiger partial charge in [-0.1, -0.05) is 263 Å². The van der Waals surface area contributed by atoms with Gasteiger partial charge >= 0.3 is 0 Å². The molecule has 0 saturated heterocycles. The molecule has 0 saturated carbocycles. The Morgan fingerprint density at radius 1 is 0.424 bits per heavy atom. The SMILES string of the molecule is CCCCCCCCCCC/C=C\C/C=C\CCCCCCCCCCCC(O)CC(=O)NC(CO)C(O)CCCCCCCCCCCCCCCCCCCCC. The zero-order valence-corrected chi connectivity index (χ0v) is 39.9. The predicted octanol–water partition coefficient (Wildman–Crippen LogP) is 16.1. The molecule has 0 aliphatic carbocycles. The number of unbranched alkanes of at least 4 members (excludes halogenated alkanes) is 36. The average molecular weight is 832 g/mol. The van der Waals surface area contributed by atoms with E-state index in [1.807, 2.05) is 0 Å². The largest absolute Gasteiger partial charge is 0.394 e. The molecule has 0 rings (SSSR count). The summed E-state index contributed by atoms with van der Waals surface area (Å²) < 4.78 is 0. The molecule has 0 heterocycles. The first-order chi connectivity index (χ1) is 29.0. The van der Waals surface area contributed by atoms with Gasteiger partial charge in [-0.05, 0) is 44.9 Å². The van der Waals surface area contributed by atoms with Gasteiger partial charge in [-0.3, -0.25) is 4.79 Å². The van der Waals surface area contributed by atoms with Crippen LogP contribution in [0.5, 0.6) is 0 Å². The van der Waals surface area contributed by atoms with Crippen LogP contribution in [-0.2, 0) is 4.79 Å². The van der Waals surface area contributed by atoms with Crippen LogP contribution in [-0.4, -0.2) is 46.1 Å². The third-order valence-corrected chi connectivity index (χ3v) is 12.5. The van der Waals surface area contributed by atoms with Crippen LogP contribution in [0.15, 0.2) is 24.3 Å². The highest BCUT2D eigenvalue weighted by Gasteiger charge is 2.21. The highest BCUT2D eigenvalue weighted by atomic mass is 16.3. The summed E-state index contributed by atoms with van der Waals surface area (Å²) in [4.78, 5) is 12.5. The average Bonchev–Trinajstić information content (AvgIpc) is 3.23. The van der Waals surface area contributed by atoms with Crippen LogP contribution >= 0.6 is 0 Å². The van der Waals surface area contributed by atoms with E-state index in [2.05, 4.69) is 43.5 Å². The number of carbonyl (C=O) groups is 1. The van der Waals surface area contributed by atoms with E-state index in [4.69, 9.17) is 0 Å². The molecule has 0 aromatic carbocycles. The highest BCUT2D eigenvalue weighted by Crippen LogP contribution is 2.17. The minimum absolute atomic E-state index is 0.0355. The summed E-state index contributed by atoms with van der Waals surface area (Å²) in [5.41, 5.74) is 0. The van der Waals surface area contributed by atoms with Gasteiger partial charge in [-0.15, -0.1) is 0 Å². The van der Waals surface area contributed by atoms with E-state index in [0.29, 0.717) is 12.8 Å². The molecule has 5 nitrogen and oxygen atoms in total. The molecule has 0 aliphatic heterocycles. The lowest BCUT2D eigenvalue weighted by molar-refractivity contribution is -0.125. The Morgan fingerprint density at radius 3 is 1.07 bits per heavy atom. The lowest BCUT2D eigenvalue weighted by atomic mass is 10.0. The van der Waals surface area contributed by atoms with Crippen molar-refractivity contribution in [3.8, 4) is 0 Å². The highest BCUT2D eigenvalue weighted by molar-refractivity contribution is 5.76. The lowest BCUT2D eigenvalue weighted by Gasteiger charge is -2.23. The van der Waals surface area contributed by atoms with E-state index in [0.717, 1.165) is 32.1 Å². The molecule has 0 spiro atoms. The van der Waals surface area contributed by atoms with Crippen molar-refractivity contribution < 1.29 is 20.1 Å². The van der Waals surface area contributed by atoms with E-state index in [9.17, 15) is 20.1 Å². The maximum Gasteiger partial charge on any atom is 0.222 e. The number of aliphatic hydroxyl groups excluding tert-OH is 3. The third kappa shape index (κ3) is 46.2.